The molecule has 4 rings (SSSR count). The predicted molar refractivity (Wildman–Crippen MR) is 90.7 cm³/mol. The van der Waals surface area contributed by atoms with Crippen molar-refractivity contribution in [2.24, 2.45) is 0 Å². The first kappa shape index (κ1) is 15.9. The molecule has 2 aromatic rings. The van der Waals surface area contributed by atoms with Gasteiger partial charge in [0, 0.05) is 31.9 Å². The Balaban J connectivity index is 1.55. The molecule has 4 heterocycles. The number of amides is 2. The first-order valence-electron chi connectivity index (χ1n) is 8.68. The molecule has 2 saturated heterocycles. The van der Waals surface area contributed by atoms with Crippen molar-refractivity contribution in [3.05, 3.63) is 53.7 Å². The van der Waals surface area contributed by atoms with Gasteiger partial charge >= 0.3 is 0 Å². The van der Waals surface area contributed by atoms with Gasteiger partial charge in [-0.05, 0) is 43.5 Å². The Labute approximate surface area is 146 Å². The number of pyridine rings is 1. The number of piperidine rings is 1. The van der Waals surface area contributed by atoms with Crippen LogP contribution in [0, 0.1) is 6.92 Å². The molecule has 2 amide bonds. The maximum atomic E-state index is 12.9. The summed E-state index contributed by atoms with van der Waals surface area (Å²) in [5.41, 5.74) is 1.69. The highest BCUT2D eigenvalue weighted by Gasteiger charge is 2.45. The molecule has 0 bridgehead atoms. The van der Waals surface area contributed by atoms with Crippen molar-refractivity contribution < 1.29 is 14.0 Å². The molecule has 0 aromatic carbocycles. The Kier molecular flexibility index (Phi) is 4.03. The number of furan rings is 1. The van der Waals surface area contributed by atoms with Crippen LogP contribution in [0.2, 0.25) is 0 Å². The van der Waals surface area contributed by atoms with Crippen molar-refractivity contribution in [3.8, 4) is 0 Å². The molecule has 25 heavy (non-hydrogen) atoms. The fourth-order valence-corrected chi connectivity index (χ4v) is 4.05. The van der Waals surface area contributed by atoms with Gasteiger partial charge in [-0.2, -0.15) is 0 Å². The van der Waals surface area contributed by atoms with Crippen LogP contribution in [0.4, 0.5) is 0 Å². The number of carbonyl (C=O) groups excluding carboxylic acids is 2. The van der Waals surface area contributed by atoms with Gasteiger partial charge < -0.3 is 14.2 Å². The lowest BCUT2D eigenvalue weighted by molar-refractivity contribution is -0.138. The minimum atomic E-state index is 0.0111. The topological polar surface area (TPSA) is 66.7 Å². The summed E-state index contributed by atoms with van der Waals surface area (Å²) < 4.78 is 5.28. The number of aryl methyl sites for hydroxylation is 1. The van der Waals surface area contributed by atoms with E-state index in [1.54, 1.807) is 31.6 Å². The van der Waals surface area contributed by atoms with Crippen molar-refractivity contribution in [2.75, 3.05) is 6.54 Å². The molecule has 0 radical (unpaired) electrons. The van der Waals surface area contributed by atoms with Gasteiger partial charge in [0.1, 0.15) is 5.76 Å². The molecule has 0 unspecified atom stereocenters. The van der Waals surface area contributed by atoms with Crippen molar-refractivity contribution >= 4 is 11.8 Å². The number of fused-ring (bicyclic) bond motifs is 1. The fraction of sp³-hybridized carbons (Fsp3) is 0.421. The second kappa shape index (κ2) is 6.35. The van der Waals surface area contributed by atoms with Crippen molar-refractivity contribution in [1.82, 2.24) is 14.8 Å². The van der Waals surface area contributed by atoms with Crippen LogP contribution in [0.25, 0.3) is 0 Å². The molecule has 2 fully saturated rings. The largest absolute Gasteiger partial charge is 0.469 e. The predicted octanol–water partition coefficient (Wildman–Crippen LogP) is 2.39. The number of likely N-dealkylation sites (tertiary alicyclic amines) is 2. The standard InChI is InChI=1S/C19H21N3O3/c1-13-15(7-11-25-13)19(24)21-10-6-17-16(21)2-3-18(23)22(17)12-14-4-8-20-9-5-14/h4-5,7-9,11,16-17H,2-3,6,10,12H2,1H3/t16-,17-/m1/s1. The molecule has 0 spiro atoms. The lowest BCUT2D eigenvalue weighted by Crippen LogP contribution is -2.52. The summed E-state index contributed by atoms with van der Waals surface area (Å²) in [7, 11) is 0. The zero-order valence-corrected chi connectivity index (χ0v) is 14.2. The quantitative estimate of drug-likeness (QED) is 0.861. The van der Waals surface area contributed by atoms with Gasteiger partial charge in [-0.1, -0.05) is 0 Å². The van der Waals surface area contributed by atoms with Crippen molar-refractivity contribution in [3.63, 3.8) is 0 Å². The molecule has 130 valence electrons. The van der Waals surface area contributed by atoms with Gasteiger partial charge in [0.15, 0.2) is 0 Å². The van der Waals surface area contributed by atoms with E-state index in [1.165, 1.54) is 0 Å². The normalized spacial score (nSPS) is 23.0. The molecule has 2 aromatic heterocycles. The minimum absolute atomic E-state index is 0.0111. The lowest BCUT2D eigenvalue weighted by Gasteiger charge is -2.39. The van der Waals surface area contributed by atoms with Gasteiger partial charge in [-0.3, -0.25) is 14.6 Å². The van der Waals surface area contributed by atoms with E-state index in [1.807, 2.05) is 21.9 Å². The molecule has 0 aliphatic carbocycles. The van der Waals surface area contributed by atoms with Crippen LogP contribution in [0.3, 0.4) is 0 Å². The molecular weight excluding hydrogens is 318 g/mol. The lowest BCUT2D eigenvalue weighted by atomic mass is 9.95. The average Bonchev–Trinajstić information content (AvgIpc) is 3.24. The Hall–Kier alpha value is -2.63. The highest BCUT2D eigenvalue weighted by Crippen LogP contribution is 2.33. The molecule has 0 N–H and O–H groups in total. The van der Waals surface area contributed by atoms with Crippen LogP contribution >= 0.6 is 0 Å². The summed E-state index contributed by atoms with van der Waals surface area (Å²) in [6.45, 7) is 3.06. The number of hydrogen-bond donors (Lipinski definition) is 0. The van der Waals surface area contributed by atoms with E-state index in [-0.39, 0.29) is 23.9 Å². The highest BCUT2D eigenvalue weighted by atomic mass is 16.3. The third-order valence-electron chi connectivity index (χ3n) is 5.34. The summed E-state index contributed by atoms with van der Waals surface area (Å²) in [6.07, 6.45) is 7.08. The Bertz CT molecular complexity index is 786. The maximum Gasteiger partial charge on any atom is 0.257 e. The molecule has 2 aliphatic heterocycles. The first-order chi connectivity index (χ1) is 12.1. The van der Waals surface area contributed by atoms with Gasteiger partial charge in [-0.25, -0.2) is 0 Å². The first-order valence-corrected chi connectivity index (χ1v) is 8.68. The van der Waals surface area contributed by atoms with Crippen LogP contribution in [0.5, 0.6) is 0 Å². The van der Waals surface area contributed by atoms with E-state index in [4.69, 9.17) is 4.42 Å². The summed E-state index contributed by atoms with van der Waals surface area (Å²) in [5, 5.41) is 0. The monoisotopic (exact) mass is 339 g/mol. The third kappa shape index (κ3) is 2.81. The van der Waals surface area contributed by atoms with Gasteiger partial charge in [-0.15, -0.1) is 0 Å². The van der Waals surface area contributed by atoms with E-state index in [0.717, 1.165) is 18.4 Å². The Morgan fingerprint density at radius 1 is 1.24 bits per heavy atom. The zero-order chi connectivity index (χ0) is 17.4. The van der Waals surface area contributed by atoms with Crippen LogP contribution in [0.15, 0.2) is 41.3 Å². The van der Waals surface area contributed by atoms with Crippen molar-refractivity contribution in [1.29, 1.82) is 0 Å². The van der Waals surface area contributed by atoms with E-state index >= 15 is 0 Å². The second-order valence-electron chi connectivity index (χ2n) is 6.73. The van der Waals surface area contributed by atoms with Gasteiger partial charge in [0.25, 0.3) is 5.91 Å². The second-order valence-corrected chi connectivity index (χ2v) is 6.73. The Morgan fingerprint density at radius 3 is 2.76 bits per heavy atom. The summed E-state index contributed by atoms with van der Waals surface area (Å²) in [5.74, 6) is 0.831. The molecule has 6 heteroatoms. The number of aromatic nitrogens is 1. The molecule has 6 nitrogen and oxygen atoms in total. The van der Waals surface area contributed by atoms with Crippen LogP contribution < -0.4 is 0 Å². The zero-order valence-electron chi connectivity index (χ0n) is 14.2. The number of rotatable bonds is 3. The Morgan fingerprint density at radius 2 is 2.04 bits per heavy atom. The highest BCUT2D eigenvalue weighted by molar-refractivity contribution is 5.95. The summed E-state index contributed by atoms with van der Waals surface area (Å²) >= 11 is 0. The van der Waals surface area contributed by atoms with Crippen LogP contribution in [-0.2, 0) is 11.3 Å². The smallest absolute Gasteiger partial charge is 0.257 e. The third-order valence-corrected chi connectivity index (χ3v) is 5.34. The molecular formula is C19H21N3O3. The number of carbonyl (C=O) groups is 2. The van der Waals surface area contributed by atoms with Gasteiger partial charge in [0.2, 0.25) is 5.91 Å². The summed E-state index contributed by atoms with van der Waals surface area (Å²) in [6, 6.07) is 5.77. The average molecular weight is 339 g/mol. The fourth-order valence-electron chi connectivity index (χ4n) is 4.05. The van der Waals surface area contributed by atoms with E-state index in [0.29, 0.717) is 30.8 Å². The molecule has 2 atom stereocenters. The van der Waals surface area contributed by atoms with E-state index in [9.17, 15) is 9.59 Å². The molecule has 2 aliphatic rings. The van der Waals surface area contributed by atoms with E-state index < -0.39 is 0 Å². The number of hydrogen-bond acceptors (Lipinski definition) is 4. The summed E-state index contributed by atoms with van der Waals surface area (Å²) in [4.78, 5) is 33.3. The van der Waals surface area contributed by atoms with Crippen LogP contribution in [0.1, 0.15) is 40.9 Å². The van der Waals surface area contributed by atoms with Crippen LogP contribution in [-0.4, -0.2) is 45.2 Å². The molecule has 0 saturated carbocycles. The van der Waals surface area contributed by atoms with Gasteiger partial charge in [0.05, 0.1) is 23.9 Å². The number of nitrogens with zero attached hydrogens (tertiary/aromatic N) is 3. The van der Waals surface area contributed by atoms with E-state index in [2.05, 4.69) is 4.98 Å². The van der Waals surface area contributed by atoms with Crippen molar-refractivity contribution in [2.45, 2.75) is 44.8 Å². The maximum absolute atomic E-state index is 12.9. The minimum Gasteiger partial charge on any atom is -0.469 e. The SMILES string of the molecule is Cc1occc1C(=O)N1CC[C@@H]2[C@H]1CCC(=O)N2Cc1ccncc1.